The number of thiophene rings is 1. The normalized spacial score (nSPS) is 18.3. The summed E-state index contributed by atoms with van der Waals surface area (Å²) in [5, 5.41) is 16.9. The van der Waals surface area contributed by atoms with E-state index < -0.39 is 17.8 Å². The molecule has 1 amide bonds. The summed E-state index contributed by atoms with van der Waals surface area (Å²) in [6.07, 6.45) is 3.17. The molecule has 1 aromatic carbocycles. The Morgan fingerprint density at radius 3 is 3.00 bits per heavy atom. The van der Waals surface area contributed by atoms with E-state index in [2.05, 4.69) is 16.5 Å². The van der Waals surface area contributed by atoms with Crippen LogP contribution in [-0.2, 0) is 22.5 Å². The summed E-state index contributed by atoms with van der Waals surface area (Å²) in [5.74, 6) is -0.917. The molecule has 1 aliphatic carbocycles. The van der Waals surface area contributed by atoms with Crippen LogP contribution in [-0.4, -0.2) is 17.7 Å². The third-order valence-corrected chi connectivity index (χ3v) is 6.25. The number of benzene rings is 1. The zero-order valence-electron chi connectivity index (χ0n) is 14.2. The van der Waals surface area contributed by atoms with E-state index in [0.29, 0.717) is 16.3 Å². The first-order valence-electron chi connectivity index (χ1n) is 8.61. The summed E-state index contributed by atoms with van der Waals surface area (Å²) >= 11 is 7.50. The minimum atomic E-state index is -0.888. The molecule has 1 aliphatic heterocycles. The Morgan fingerprint density at radius 1 is 1.41 bits per heavy atom. The Morgan fingerprint density at radius 2 is 2.22 bits per heavy atom. The maximum absolute atomic E-state index is 14.1. The van der Waals surface area contributed by atoms with Crippen LogP contribution < -0.4 is 5.32 Å². The third-order valence-electron chi connectivity index (χ3n) is 4.73. The maximum Gasteiger partial charge on any atom is 0.269 e. The van der Waals surface area contributed by atoms with Gasteiger partial charge in [-0.25, -0.2) is 4.39 Å². The second-order valence-electron chi connectivity index (χ2n) is 6.45. The molecular formula is C19H15ClFN3O2S. The first-order valence-corrected chi connectivity index (χ1v) is 9.80. The van der Waals surface area contributed by atoms with Crippen LogP contribution in [0.2, 0.25) is 5.02 Å². The van der Waals surface area contributed by atoms with Crippen molar-refractivity contribution >= 4 is 39.6 Å². The van der Waals surface area contributed by atoms with E-state index >= 15 is 0 Å². The molecular weight excluding hydrogens is 389 g/mol. The molecule has 0 saturated carbocycles. The minimum Gasteiger partial charge on any atom is -0.382 e. The van der Waals surface area contributed by atoms with Gasteiger partial charge in [0, 0.05) is 11.3 Å². The fraction of sp³-hybridized carbons (Fsp3) is 0.316. The van der Waals surface area contributed by atoms with Gasteiger partial charge in [-0.3, -0.25) is 4.79 Å². The largest absolute Gasteiger partial charge is 0.382 e. The summed E-state index contributed by atoms with van der Waals surface area (Å²) in [6, 6.07) is 6.56. The van der Waals surface area contributed by atoms with Crippen molar-refractivity contribution in [2.75, 3.05) is 5.32 Å². The molecule has 1 N–H and O–H groups in total. The van der Waals surface area contributed by atoms with Crippen molar-refractivity contribution in [1.29, 1.82) is 5.26 Å². The molecule has 1 aromatic heterocycles. The van der Waals surface area contributed by atoms with E-state index in [1.165, 1.54) is 23.5 Å². The molecule has 1 atom stereocenters. The molecule has 138 valence electrons. The van der Waals surface area contributed by atoms with Gasteiger partial charge in [0.15, 0.2) is 0 Å². The quantitative estimate of drug-likeness (QED) is 0.824. The molecule has 8 heteroatoms. The SMILES string of the molecule is N#Cc1c(NC(=O)[C@H]2CC(c3c(F)cccc3Cl)=NO2)sc2c1CCCC2. The second-order valence-corrected chi connectivity index (χ2v) is 7.96. The monoisotopic (exact) mass is 403 g/mol. The van der Waals surface area contributed by atoms with Crippen molar-refractivity contribution in [2.24, 2.45) is 5.16 Å². The van der Waals surface area contributed by atoms with E-state index in [-0.39, 0.29) is 17.0 Å². The van der Waals surface area contributed by atoms with Gasteiger partial charge in [0.25, 0.3) is 5.91 Å². The van der Waals surface area contributed by atoms with E-state index in [1.807, 2.05) is 0 Å². The van der Waals surface area contributed by atoms with Crippen molar-refractivity contribution in [1.82, 2.24) is 0 Å². The van der Waals surface area contributed by atoms with Crippen molar-refractivity contribution in [3.05, 3.63) is 50.6 Å². The lowest BCUT2D eigenvalue weighted by Crippen LogP contribution is -2.28. The zero-order chi connectivity index (χ0) is 19.0. The number of nitrogens with one attached hydrogen (secondary N) is 1. The number of fused-ring (bicyclic) bond motifs is 1. The van der Waals surface area contributed by atoms with Gasteiger partial charge in [-0.2, -0.15) is 5.26 Å². The number of carbonyl (C=O) groups is 1. The van der Waals surface area contributed by atoms with Crippen molar-refractivity contribution in [3.63, 3.8) is 0 Å². The Kier molecular flexibility index (Phi) is 4.85. The molecule has 4 rings (SSSR count). The van der Waals surface area contributed by atoms with E-state index in [4.69, 9.17) is 16.4 Å². The van der Waals surface area contributed by atoms with Crippen LogP contribution in [0.15, 0.2) is 23.4 Å². The van der Waals surface area contributed by atoms with Gasteiger partial charge in [0.05, 0.1) is 21.9 Å². The highest BCUT2D eigenvalue weighted by atomic mass is 35.5. The number of nitrogens with zero attached hydrogens (tertiary/aromatic N) is 2. The number of hydrogen-bond donors (Lipinski definition) is 1. The lowest BCUT2D eigenvalue weighted by Gasteiger charge is -2.10. The molecule has 0 unspecified atom stereocenters. The van der Waals surface area contributed by atoms with Crippen LogP contribution in [0.3, 0.4) is 0 Å². The standard InChI is InChI=1S/C19H15ClFN3O2S/c20-12-5-3-6-13(21)17(12)14-8-15(26-24-14)18(25)23-19-11(9-22)10-4-1-2-7-16(10)27-19/h3,5-6,15H,1-2,4,7-8H2,(H,23,25)/t15-/m1/s1. The number of halogens is 2. The molecule has 0 bridgehead atoms. The fourth-order valence-electron chi connectivity index (χ4n) is 3.40. The Balaban J connectivity index is 1.50. The Labute approximate surface area is 164 Å². The van der Waals surface area contributed by atoms with Crippen molar-refractivity contribution in [3.8, 4) is 6.07 Å². The summed E-state index contributed by atoms with van der Waals surface area (Å²) < 4.78 is 14.1. The number of anilines is 1. The topological polar surface area (TPSA) is 74.5 Å². The predicted octanol–water partition coefficient (Wildman–Crippen LogP) is 4.42. The van der Waals surface area contributed by atoms with Crippen LogP contribution >= 0.6 is 22.9 Å². The molecule has 2 aliphatic rings. The van der Waals surface area contributed by atoms with Gasteiger partial charge in [0.1, 0.15) is 16.9 Å². The summed E-state index contributed by atoms with van der Waals surface area (Å²) in [4.78, 5) is 19.0. The molecule has 0 saturated heterocycles. The van der Waals surface area contributed by atoms with Gasteiger partial charge in [-0.05, 0) is 43.4 Å². The Bertz CT molecular complexity index is 975. The number of rotatable bonds is 3. The first kappa shape index (κ1) is 18.0. The van der Waals surface area contributed by atoms with Gasteiger partial charge in [0.2, 0.25) is 6.10 Å². The Hall–Kier alpha value is -2.43. The van der Waals surface area contributed by atoms with Crippen molar-refractivity contribution < 1.29 is 14.0 Å². The predicted molar refractivity (Wildman–Crippen MR) is 102 cm³/mol. The fourth-order valence-corrected chi connectivity index (χ4v) is 4.92. The van der Waals surface area contributed by atoms with E-state index in [0.717, 1.165) is 36.1 Å². The smallest absolute Gasteiger partial charge is 0.269 e. The summed E-state index contributed by atoms with van der Waals surface area (Å²) in [7, 11) is 0. The highest BCUT2D eigenvalue weighted by molar-refractivity contribution is 7.16. The van der Waals surface area contributed by atoms with E-state index in [1.54, 1.807) is 6.07 Å². The summed E-state index contributed by atoms with van der Waals surface area (Å²) in [5.41, 5.74) is 2.04. The average molecular weight is 404 g/mol. The molecule has 0 fully saturated rings. The highest BCUT2D eigenvalue weighted by Gasteiger charge is 2.32. The van der Waals surface area contributed by atoms with Gasteiger partial charge in [-0.15, -0.1) is 11.3 Å². The third kappa shape index (κ3) is 3.31. The number of aryl methyl sites for hydroxylation is 1. The number of hydrogen-bond acceptors (Lipinski definition) is 5. The second kappa shape index (κ2) is 7.29. The molecule has 27 heavy (non-hydrogen) atoms. The lowest BCUT2D eigenvalue weighted by atomic mass is 9.96. The van der Waals surface area contributed by atoms with Gasteiger partial charge < -0.3 is 10.2 Å². The highest BCUT2D eigenvalue weighted by Crippen LogP contribution is 2.38. The minimum absolute atomic E-state index is 0.111. The number of nitriles is 1. The van der Waals surface area contributed by atoms with E-state index in [9.17, 15) is 14.4 Å². The lowest BCUT2D eigenvalue weighted by molar-refractivity contribution is -0.125. The molecule has 0 radical (unpaired) electrons. The number of amides is 1. The number of carbonyl (C=O) groups excluding carboxylic acids is 1. The van der Waals surface area contributed by atoms with Crippen LogP contribution in [0.5, 0.6) is 0 Å². The van der Waals surface area contributed by atoms with Crippen LogP contribution in [0, 0.1) is 17.1 Å². The average Bonchev–Trinajstić information content (AvgIpc) is 3.26. The molecule has 0 spiro atoms. The van der Waals surface area contributed by atoms with Gasteiger partial charge in [-0.1, -0.05) is 22.8 Å². The number of oxime groups is 1. The molecule has 2 heterocycles. The first-order chi connectivity index (χ1) is 13.1. The van der Waals surface area contributed by atoms with Crippen LogP contribution in [0.1, 0.15) is 40.8 Å². The summed E-state index contributed by atoms with van der Waals surface area (Å²) in [6.45, 7) is 0. The zero-order valence-corrected chi connectivity index (χ0v) is 15.8. The molecule has 2 aromatic rings. The van der Waals surface area contributed by atoms with Crippen molar-refractivity contribution in [2.45, 2.75) is 38.2 Å². The van der Waals surface area contributed by atoms with Crippen LogP contribution in [0.25, 0.3) is 0 Å². The molecule has 5 nitrogen and oxygen atoms in total. The van der Waals surface area contributed by atoms with Gasteiger partial charge >= 0.3 is 0 Å². The van der Waals surface area contributed by atoms with Crippen LogP contribution in [0.4, 0.5) is 9.39 Å². The maximum atomic E-state index is 14.1.